The topological polar surface area (TPSA) is 63.5 Å². The van der Waals surface area contributed by atoms with E-state index in [2.05, 4.69) is 32.8 Å². The van der Waals surface area contributed by atoms with Crippen molar-refractivity contribution in [3.05, 3.63) is 71.9 Å². The van der Waals surface area contributed by atoms with E-state index in [0.717, 1.165) is 30.7 Å². The van der Waals surface area contributed by atoms with Gasteiger partial charge in [-0.2, -0.15) is 18.2 Å². The Hall–Kier alpha value is -3.75. The molecular weight excluding hydrogens is 467 g/mol. The van der Waals surface area contributed by atoms with Crippen molar-refractivity contribution < 1.29 is 17.9 Å². The van der Waals surface area contributed by atoms with Crippen LogP contribution in [0.15, 0.2) is 60.8 Å². The first-order valence-corrected chi connectivity index (χ1v) is 12.1. The molecule has 2 aromatic carbocycles. The van der Waals surface area contributed by atoms with Crippen LogP contribution in [0.5, 0.6) is 5.75 Å². The molecule has 0 saturated heterocycles. The molecule has 2 aromatic heterocycles. The second-order valence-corrected chi connectivity index (χ2v) is 9.46. The summed E-state index contributed by atoms with van der Waals surface area (Å²) >= 11 is 0. The summed E-state index contributed by atoms with van der Waals surface area (Å²) in [5.74, 6) is 1.03. The standard InChI is InChI=1S/C27H28F3N5O/c1-17(2)16-36-24-12-10-19(27(28,29)30)14-22(24)21-7-5-13-35-25(21)33-26(34-35)32-20-11-9-18-6-3-4-8-23(18)31-15-20/h3-8,10,12-14,17,20,31H,9,11,15-16H2,1-2H3,(H,32,34). The highest BCUT2D eigenvalue weighted by atomic mass is 19.4. The summed E-state index contributed by atoms with van der Waals surface area (Å²) in [5, 5.41) is 11.4. The number of benzene rings is 2. The number of para-hydroxylation sites is 1. The molecule has 2 N–H and O–H groups in total. The zero-order valence-electron chi connectivity index (χ0n) is 20.1. The zero-order chi connectivity index (χ0) is 25.3. The van der Waals surface area contributed by atoms with Crippen molar-refractivity contribution >= 4 is 17.3 Å². The molecule has 0 bridgehead atoms. The largest absolute Gasteiger partial charge is 0.493 e. The molecule has 1 aliphatic rings. The van der Waals surface area contributed by atoms with E-state index in [1.54, 1.807) is 22.8 Å². The molecule has 3 heterocycles. The molecule has 6 nitrogen and oxygen atoms in total. The number of pyridine rings is 1. The van der Waals surface area contributed by atoms with Gasteiger partial charge >= 0.3 is 6.18 Å². The van der Waals surface area contributed by atoms with Gasteiger partial charge in [0.2, 0.25) is 5.95 Å². The molecular formula is C27H28F3N5O. The molecule has 0 amide bonds. The Kier molecular flexibility index (Phi) is 6.47. The molecule has 0 radical (unpaired) electrons. The molecule has 188 valence electrons. The van der Waals surface area contributed by atoms with Crippen LogP contribution in [0.2, 0.25) is 0 Å². The number of fused-ring (bicyclic) bond motifs is 2. The van der Waals surface area contributed by atoms with Crippen LogP contribution in [0.1, 0.15) is 31.4 Å². The van der Waals surface area contributed by atoms with Gasteiger partial charge in [0.1, 0.15) is 5.75 Å². The van der Waals surface area contributed by atoms with Crippen LogP contribution in [0.25, 0.3) is 16.8 Å². The van der Waals surface area contributed by atoms with E-state index in [9.17, 15) is 13.2 Å². The van der Waals surface area contributed by atoms with Crippen molar-refractivity contribution in [2.75, 3.05) is 23.8 Å². The maximum absolute atomic E-state index is 13.5. The number of nitrogens with one attached hydrogen (secondary N) is 2. The second-order valence-electron chi connectivity index (χ2n) is 9.46. The Morgan fingerprint density at radius 2 is 1.94 bits per heavy atom. The molecule has 4 aromatic rings. The highest BCUT2D eigenvalue weighted by Crippen LogP contribution is 2.38. The Morgan fingerprint density at radius 1 is 1.11 bits per heavy atom. The van der Waals surface area contributed by atoms with Gasteiger partial charge in [-0.15, -0.1) is 5.10 Å². The molecule has 0 saturated carbocycles. The number of aryl methyl sites for hydroxylation is 1. The number of hydrogen-bond acceptors (Lipinski definition) is 5. The van der Waals surface area contributed by atoms with E-state index >= 15 is 0 Å². The lowest BCUT2D eigenvalue weighted by molar-refractivity contribution is -0.137. The van der Waals surface area contributed by atoms with Gasteiger partial charge in [0.15, 0.2) is 5.65 Å². The number of rotatable bonds is 6. The first kappa shape index (κ1) is 24.0. The Bertz CT molecular complexity index is 1340. The van der Waals surface area contributed by atoms with E-state index < -0.39 is 11.7 Å². The summed E-state index contributed by atoms with van der Waals surface area (Å²) < 4.78 is 48.1. The zero-order valence-corrected chi connectivity index (χ0v) is 20.1. The third-order valence-electron chi connectivity index (χ3n) is 6.18. The van der Waals surface area contributed by atoms with E-state index in [1.807, 2.05) is 26.0 Å². The van der Waals surface area contributed by atoms with Gasteiger partial charge in [-0.25, -0.2) is 4.52 Å². The second kappa shape index (κ2) is 9.72. The summed E-state index contributed by atoms with van der Waals surface area (Å²) in [5.41, 5.74) is 2.98. The van der Waals surface area contributed by atoms with Gasteiger partial charge in [-0.05, 0) is 60.7 Å². The number of hydrogen-bond donors (Lipinski definition) is 2. The van der Waals surface area contributed by atoms with E-state index in [4.69, 9.17) is 4.74 Å². The molecule has 36 heavy (non-hydrogen) atoms. The van der Waals surface area contributed by atoms with Crippen LogP contribution >= 0.6 is 0 Å². The van der Waals surface area contributed by atoms with Gasteiger partial charge in [-0.3, -0.25) is 0 Å². The fourth-order valence-corrected chi connectivity index (χ4v) is 4.36. The minimum Gasteiger partial charge on any atom is -0.493 e. The normalized spacial score (nSPS) is 15.9. The first-order valence-electron chi connectivity index (χ1n) is 12.1. The van der Waals surface area contributed by atoms with Crippen molar-refractivity contribution in [2.45, 2.75) is 38.9 Å². The van der Waals surface area contributed by atoms with Crippen molar-refractivity contribution in [3.63, 3.8) is 0 Å². The Labute approximate surface area is 207 Å². The highest BCUT2D eigenvalue weighted by molar-refractivity contribution is 5.82. The maximum Gasteiger partial charge on any atom is 0.416 e. The third kappa shape index (κ3) is 5.10. The van der Waals surface area contributed by atoms with Crippen LogP contribution < -0.4 is 15.4 Å². The van der Waals surface area contributed by atoms with Crippen LogP contribution in [0.3, 0.4) is 0 Å². The number of nitrogens with zero attached hydrogens (tertiary/aromatic N) is 3. The molecule has 0 fully saturated rings. The fraction of sp³-hybridized carbons (Fsp3) is 0.333. The average molecular weight is 496 g/mol. The molecule has 5 rings (SSSR count). The van der Waals surface area contributed by atoms with E-state index in [1.165, 1.54) is 11.6 Å². The van der Waals surface area contributed by atoms with Gasteiger partial charge in [-0.1, -0.05) is 32.0 Å². The summed E-state index contributed by atoms with van der Waals surface area (Å²) in [4.78, 5) is 4.67. The first-order chi connectivity index (χ1) is 17.3. The Morgan fingerprint density at radius 3 is 2.75 bits per heavy atom. The number of ether oxygens (including phenoxy) is 1. The quantitative estimate of drug-likeness (QED) is 0.329. The van der Waals surface area contributed by atoms with Gasteiger partial charge in [0.25, 0.3) is 0 Å². The average Bonchev–Trinajstić information content (AvgIpc) is 3.15. The highest BCUT2D eigenvalue weighted by Gasteiger charge is 2.32. The summed E-state index contributed by atoms with van der Waals surface area (Å²) in [6.07, 6.45) is -0.922. The predicted octanol–water partition coefficient (Wildman–Crippen LogP) is 6.29. The molecule has 9 heteroatoms. The summed E-state index contributed by atoms with van der Waals surface area (Å²) in [6.45, 7) is 5.07. The molecule has 0 aliphatic carbocycles. The van der Waals surface area contributed by atoms with Crippen molar-refractivity contribution in [3.8, 4) is 16.9 Å². The smallest absolute Gasteiger partial charge is 0.416 e. The number of anilines is 2. The summed E-state index contributed by atoms with van der Waals surface area (Å²) in [6, 6.07) is 15.4. The monoisotopic (exact) mass is 495 g/mol. The van der Waals surface area contributed by atoms with E-state index in [-0.39, 0.29) is 12.0 Å². The number of halogens is 3. The predicted molar refractivity (Wildman–Crippen MR) is 134 cm³/mol. The minimum absolute atomic E-state index is 0.0942. The lowest BCUT2D eigenvalue weighted by Crippen LogP contribution is -2.27. The fourth-order valence-electron chi connectivity index (χ4n) is 4.36. The maximum atomic E-state index is 13.5. The Balaban J connectivity index is 1.47. The van der Waals surface area contributed by atoms with Crippen LogP contribution in [0, 0.1) is 5.92 Å². The molecule has 1 atom stereocenters. The molecule has 1 aliphatic heterocycles. The summed E-state index contributed by atoms with van der Waals surface area (Å²) in [7, 11) is 0. The lowest BCUT2D eigenvalue weighted by atomic mass is 10.0. The van der Waals surface area contributed by atoms with Crippen molar-refractivity contribution in [1.29, 1.82) is 0 Å². The molecule has 1 unspecified atom stereocenters. The minimum atomic E-state index is -4.47. The van der Waals surface area contributed by atoms with Crippen LogP contribution in [-0.4, -0.2) is 33.8 Å². The number of alkyl halides is 3. The van der Waals surface area contributed by atoms with Crippen molar-refractivity contribution in [1.82, 2.24) is 14.6 Å². The van der Waals surface area contributed by atoms with E-state index in [0.29, 0.717) is 41.6 Å². The van der Waals surface area contributed by atoms with Gasteiger partial charge in [0, 0.05) is 35.6 Å². The van der Waals surface area contributed by atoms with Gasteiger partial charge < -0.3 is 15.4 Å². The van der Waals surface area contributed by atoms with Crippen LogP contribution in [-0.2, 0) is 12.6 Å². The third-order valence-corrected chi connectivity index (χ3v) is 6.18. The number of aromatic nitrogens is 3. The van der Waals surface area contributed by atoms with Crippen LogP contribution in [0.4, 0.5) is 24.8 Å². The van der Waals surface area contributed by atoms with Gasteiger partial charge in [0.05, 0.1) is 12.2 Å². The van der Waals surface area contributed by atoms with Crippen molar-refractivity contribution in [2.24, 2.45) is 5.92 Å². The molecule has 0 spiro atoms. The lowest BCUT2D eigenvalue weighted by Gasteiger charge is -2.16. The SMILES string of the molecule is CC(C)COc1ccc(C(F)(F)F)cc1-c1cccn2nc(NC3CCc4ccccc4NC3)nc12.